The average molecular weight is 275 g/mol. The van der Waals surface area contributed by atoms with Crippen LogP contribution in [0.2, 0.25) is 0 Å². The van der Waals surface area contributed by atoms with Crippen LogP contribution in [0.4, 0.5) is 11.4 Å². The first-order chi connectivity index (χ1) is 9.72. The van der Waals surface area contributed by atoms with Crippen LogP contribution in [0.1, 0.15) is 10.4 Å². The van der Waals surface area contributed by atoms with Gasteiger partial charge in [-0.3, -0.25) is 10.2 Å². The molecule has 0 bridgehead atoms. The lowest BCUT2D eigenvalue weighted by Gasteiger charge is -2.32. The van der Waals surface area contributed by atoms with Crippen LogP contribution in [0.5, 0.6) is 0 Å². The first-order valence-corrected chi connectivity index (χ1v) is 7.08. The third-order valence-electron chi connectivity index (χ3n) is 3.80. The van der Waals surface area contributed by atoms with Crippen LogP contribution in [-0.2, 0) is 0 Å². The number of anilines is 2. The van der Waals surface area contributed by atoms with Gasteiger partial charge in [-0.1, -0.05) is 0 Å². The SMILES string of the molecule is CN1CCN(NC(=O)c2ccc3c(c2)NCCN3)CC1. The molecule has 3 rings (SSSR count). The van der Waals surface area contributed by atoms with Crippen LogP contribution in [-0.4, -0.2) is 62.1 Å². The lowest BCUT2D eigenvalue weighted by molar-refractivity contribution is 0.0662. The third kappa shape index (κ3) is 2.86. The van der Waals surface area contributed by atoms with Gasteiger partial charge in [-0.25, -0.2) is 5.01 Å². The number of fused-ring (bicyclic) bond motifs is 1. The minimum atomic E-state index is -0.0373. The zero-order chi connectivity index (χ0) is 13.9. The van der Waals surface area contributed by atoms with Crippen molar-refractivity contribution in [2.75, 3.05) is 56.9 Å². The van der Waals surface area contributed by atoms with E-state index in [1.807, 2.05) is 23.2 Å². The van der Waals surface area contributed by atoms with Gasteiger partial charge >= 0.3 is 0 Å². The molecule has 1 fully saturated rings. The summed E-state index contributed by atoms with van der Waals surface area (Å²) in [4.78, 5) is 14.5. The normalized spacial score (nSPS) is 19.6. The van der Waals surface area contributed by atoms with Crippen LogP contribution < -0.4 is 16.1 Å². The fraction of sp³-hybridized carbons (Fsp3) is 0.500. The summed E-state index contributed by atoms with van der Waals surface area (Å²) in [5.41, 5.74) is 5.74. The van der Waals surface area contributed by atoms with E-state index in [9.17, 15) is 4.79 Å². The van der Waals surface area contributed by atoms with Gasteiger partial charge < -0.3 is 15.5 Å². The number of carbonyl (C=O) groups is 1. The number of amides is 1. The number of hydrogen-bond acceptors (Lipinski definition) is 5. The molecule has 2 aliphatic heterocycles. The Morgan fingerprint density at radius 2 is 1.80 bits per heavy atom. The van der Waals surface area contributed by atoms with Gasteiger partial charge in [0.2, 0.25) is 0 Å². The highest BCUT2D eigenvalue weighted by atomic mass is 16.2. The maximum absolute atomic E-state index is 12.3. The fourth-order valence-electron chi connectivity index (χ4n) is 2.51. The molecular formula is C14H21N5O. The van der Waals surface area contributed by atoms with E-state index in [1.54, 1.807) is 0 Å². The Bertz CT molecular complexity index is 496. The predicted molar refractivity (Wildman–Crippen MR) is 80.0 cm³/mol. The van der Waals surface area contributed by atoms with E-state index < -0.39 is 0 Å². The van der Waals surface area contributed by atoms with Gasteiger partial charge in [0, 0.05) is 44.8 Å². The predicted octanol–water partition coefficient (Wildman–Crippen LogP) is 0.416. The second-order valence-electron chi connectivity index (χ2n) is 5.35. The summed E-state index contributed by atoms with van der Waals surface area (Å²) >= 11 is 0. The molecule has 1 saturated heterocycles. The number of piperazine rings is 1. The van der Waals surface area contributed by atoms with Crippen molar-refractivity contribution in [2.45, 2.75) is 0 Å². The molecule has 1 aromatic rings. The molecule has 2 aliphatic rings. The zero-order valence-electron chi connectivity index (χ0n) is 11.8. The van der Waals surface area contributed by atoms with Crippen molar-refractivity contribution < 1.29 is 4.79 Å². The molecule has 20 heavy (non-hydrogen) atoms. The number of likely N-dealkylation sites (N-methyl/N-ethyl adjacent to an activating group) is 1. The molecule has 0 spiro atoms. The second-order valence-corrected chi connectivity index (χ2v) is 5.35. The van der Waals surface area contributed by atoms with Crippen molar-refractivity contribution in [1.29, 1.82) is 0 Å². The van der Waals surface area contributed by atoms with Gasteiger partial charge in [0.05, 0.1) is 11.4 Å². The van der Waals surface area contributed by atoms with Gasteiger partial charge in [0.25, 0.3) is 5.91 Å². The third-order valence-corrected chi connectivity index (χ3v) is 3.80. The minimum absolute atomic E-state index is 0.0373. The summed E-state index contributed by atoms with van der Waals surface area (Å²) in [7, 11) is 2.10. The fourth-order valence-corrected chi connectivity index (χ4v) is 2.51. The molecule has 0 aromatic heterocycles. The monoisotopic (exact) mass is 275 g/mol. The number of nitrogens with zero attached hydrogens (tertiary/aromatic N) is 2. The van der Waals surface area contributed by atoms with E-state index in [0.29, 0.717) is 5.56 Å². The Balaban J connectivity index is 1.65. The van der Waals surface area contributed by atoms with Crippen LogP contribution in [0, 0.1) is 0 Å². The first kappa shape index (κ1) is 13.2. The summed E-state index contributed by atoms with van der Waals surface area (Å²) in [6.45, 7) is 5.50. The molecule has 0 atom stereocenters. The van der Waals surface area contributed by atoms with Gasteiger partial charge in [-0.2, -0.15) is 0 Å². The highest BCUT2D eigenvalue weighted by Gasteiger charge is 2.17. The molecule has 0 aliphatic carbocycles. The molecule has 1 amide bonds. The molecule has 6 heteroatoms. The summed E-state index contributed by atoms with van der Waals surface area (Å²) in [5, 5.41) is 8.60. The molecule has 0 radical (unpaired) electrons. The highest BCUT2D eigenvalue weighted by Crippen LogP contribution is 2.25. The number of hydrazine groups is 1. The number of hydrogen-bond donors (Lipinski definition) is 3. The summed E-state index contributed by atoms with van der Waals surface area (Å²) in [5.74, 6) is -0.0373. The number of benzene rings is 1. The Labute approximate surface area is 119 Å². The van der Waals surface area contributed by atoms with Gasteiger partial charge in [0.15, 0.2) is 0 Å². The van der Waals surface area contributed by atoms with E-state index in [4.69, 9.17) is 0 Å². The molecule has 0 unspecified atom stereocenters. The number of carbonyl (C=O) groups excluding carboxylic acids is 1. The van der Waals surface area contributed by atoms with Crippen molar-refractivity contribution in [2.24, 2.45) is 0 Å². The molecule has 108 valence electrons. The molecule has 0 saturated carbocycles. The van der Waals surface area contributed by atoms with Crippen LogP contribution in [0.25, 0.3) is 0 Å². The van der Waals surface area contributed by atoms with Gasteiger partial charge in [-0.15, -0.1) is 0 Å². The first-order valence-electron chi connectivity index (χ1n) is 7.08. The van der Waals surface area contributed by atoms with Crippen molar-refractivity contribution in [3.63, 3.8) is 0 Å². The zero-order valence-corrected chi connectivity index (χ0v) is 11.8. The maximum Gasteiger partial charge on any atom is 0.265 e. The summed E-state index contributed by atoms with van der Waals surface area (Å²) in [6, 6.07) is 5.73. The maximum atomic E-state index is 12.3. The Morgan fingerprint density at radius 1 is 1.10 bits per heavy atom. The van der Waals surface area contributed by atoms with E-state index >= 15 is 0 Å². The Hall–Kier alpha value is -1.79. The molecule has 6 nitrogen and oxygen atoms in total. The summed E-state index contributed by atoms with van der Waals surface area (Å²) < 4.78 is 0. The highest BCUT2D eigenvalue weighted by molar-refractivity contribution is 5.96. The lowest BCUT2D eigenvalue weighted by Crippen LogP contribution is -2.52. The van der Waals surface area contributed by atoms with Gasteiger partial charge in [-0.05, 0) is 25.2 Å². The van der Waals surface area contributed by atoms with Crippen molar-refractivity contribution in [1.82, 2.24) is 15.3 Å². The van der Waals surface area contributed by atoms with Crippen molar-refractivity contribution in [3.05, 3.63) is 23.8 Å². The topological polar surface area (TPSA) is 59.6 Å². The smallest absolute Gasteiger partial charge is 0.265 e. The quantitative estimate of drug-likeness (QED) is 0.730. The standard InChI is InChI=1S/C14H21N5O/c1-18-6-8-19(9-7-18)17-14(20)11-2-3-12-13(10-11)16-5-4-15-12/h2-3,10,15-16H,4-9H2,1H3,(H,17,20). The Kier molecular flexibility index (Phi) is 3.75. The van der Waals surface area contributed by atoms with Crippen LogP contribution >= 0.6 is 0 Å². The largest absolute Gasteiger partial charge is 0.382 e. The van der Waals surface area contributed by atoms with Crippen LogP contribution in [0.15, 0.2) is 18.2 Å². The van der Waals surface area contributed by atoms with E-state index in [-0.39, 0.29) is 5.91 Å². The van der Waals surface area contributed by atoms with Gasteiger partial charge in [0.1, 0.15) is 0 Å². The van der Waals surface area contributed by atoms with Crippen LogP contribution in [0.3, 0.4) is 0 Å². The van der Waals surface area contributed by atoms with Crippen molar-refractivity contribution >= 4 is 17.3 Å². The van der Waals surface area contributed by atoms with E-state index in [0.717, 1.165) is 50.6 Å². The van der Waals surface area contributed by atoms with Crippen molar-refractivity contribution in [3.8, 4) is 0 Å². The Morgan fingerprint density at radius 3 is 2.55 bits per heavy atom. The second kappa shape index (κ2) is 5.68. The molecule has 1 aromatic carbocycles. The summed E-state index contributed by atoms with van der Waals surface area (Å²) in [6.07, 6.45) is 0. The molecule has 2 heterocycles. The average Bonchev–Trinajstić information content (AvgIpc) is 2.49. The van der Waals surface area contributed by atoms with E-state index in [1.165, 1.54) is 0 Å². The number of rotatable bonds is 2. The molecular weight excluding hydrogens is 254 g/mol. The molecule has 3 N–H and O–H groups in total. The van der Waals surface area contributed by atoms with E-state index in [2.05, 4.69) is 28.0 Å². The lowest BCUT2D eigenvalue weighted by atomic mass is 10.1. The minimum Gasteiger partial charge on any atom is -0.382 e. The number of nitrogens with one attached hydrogen (secondary N) is 3.